The Morgan fingerprint density at radius 2 is 1.88 bits per heavy atom. The van der Waals surface area contributed by atoms with E-state index in [1.165, 1.54) is 9.87 Å². The summed E-state index contributed by atoms with van der Waals surface area (Å²) in [4.78, 5) is -0.314. The average molecular weight is 351 g/mol. The maximum absolute atomic E-state index is 14.1. The van der Waals surface area contributed by atoms with Crippen molar-refractivity contribution in [1.29, 1.82) is 0 Å². The molecule has 1 aliphatic rings. The van der Waals surface area contributed by atoms with Crippen LogP contribution in [0.3, 0.4) is 0 Å². The first-order valence-corrected chi connectivity index (χ1v) is 9.71. The Bertz CT molecular complexity index is 781. The summed E-state index contributed by atoms with van der Waals surface area (Å²) in [5.74, 6) is -0.314. The highest BCUT2D eigenvalue weighted by Crippen LogP contribution is 2.27. The van der Waals surface area contributed by atoms with Gasteiger partial charge in [0.05, 0.1) is 6.20 Å². The predicted octanol–water partition coefficient (Wildman–Crippen LogP) is 2.69. The summed E-state index contributed by atoms with van der Waals surface area (Å²) >= 11 is 0. The van der Waals surface area contributed by atoms with Crippen LogP contribution < -0.4 is 0 Å². The van der Waals surface area contributed by atoms with Gasteiger partial charge in [-0.3, -0.25) is 0 Å². The number of sulfonamides is 1. The number of rotatable bonds is 5. The average Bonchev–Trinajstić information content (AvgIpc) is 2.98. The molecule has 7 heteroatoms. The first-order chi connectivity index (χ1) is 11.5. The molecule has 0 atom stereocenters. The maximum atomic E-state index is 14.1. The molecule has 0 saturated carbocycles. The van der Waals surface area contributed by atoms with E-state index >= 15 is 0 Å². The third-order valence-electron chi connectivity index (χ3n) is 4.60. The van der Waals surface area contributed by atoms with Crippen molar-refractivity contribution < 1.29 is 12.8 Å². The number of hydrogen-bond donors (Lipinski definition) is 0. The van der Waals surface area contributed by atoms with E-state index in [9.17, 15) is 12.8 Å². The van der Waals surface area contributed by atoms with Crippen LogP contribution in [-0.4, -0.2) is 35.6 Å². The number of piperidine rings is 1. The molecule has 1 aliphatic heterocycles. The minimum absolute atomic E-state index is 0.306. The summed E-state index contributed by atoms with van der Waals surface area (Å²) in [6.45, 7) is 2.88. The molecule has 0 spiro atoms. The van der Waals surface area contributed by atoms with Crippen molar-refractivity contribution in [3.8, 4) is 0 Å². The van der Waals surface area contributed by atoms with Gasteiger partial charge >= 0.3 is 0 Å². The molecule has 0 amide bonds. The molecule has 130 valence electrons. The topological polar surface area (TPSA) is 55.2 Å². The molecular weight excluding hydrogens is 329 g/mol. The van der Waals surface area contributed by atoms with Crippen molar-refractivity contribution in [2.24, 2.45) is 5.92 Å². The van der Waals surface area contributed by atoms with Crippen molar-refractivity contribution >= 4 is 10.0 Å². The number of hydrogen-bond acceptors (Lipinski definition) is 3. The summed E-state index contributed by atoms with van der Waals surface area (Å²) < 4.78 is 41.9. The zero-order valence-electron chi connectivity index (χ0n) is 13.7. The highest BCUT2D eigenvalue weighted by Gasteiger charge is 2.33. The normalized spacial score (nSPS) is 17.2. The lowest BCUT2D eigenvalue weighted by molar-refractivity contribution is 0.272. The molecule has 0 unspecified atom stereocenters. The minimum Gasteiger partial charge on any atom is -0.239 e. The molecule has 3 rings (SSSR count). The Balaban J connectivity index is 1.66. The van der Waals surface area contributed by atoms with Gasteiger partial charge < -0.3 is 0 Å². The lowest BCUT2D eigenvalue weighted by Gasteiger charge is -2.31. The van der Waals surface area contributed by atoms with Crippen LogP contribution in [0, 0.1) is 11.9 Å². The van der Waals surface area contributed by atoms with Crippen LogP contribution in [0.4, 0.5) is 4.39 Å². The maximum Gasteiger partial charge on any atom is 0.249 e. The van der Waals surface area contributed by atoms with Gasteiger partial charge in [0.1, 0.15) is 0 Å². The summed E-state index contributed by atoms with van der Waals surface area (Å²) in [6, 6.07) is 10.2. The smallest absolute Gasteiger partial charge is 0.239 e. The Hall–Kier alpha value is -1.73. The fourth-order valence-electron chi connectivity index (χ4n) is 3.19. The first-order valence-electron chi connectivity index (χ1n) is 8.27. The van der Waals surface area contributed by atoms with Gasteiger partial charge in [-0.1, -0.05) is 30.3 Å². The van der Waals surface area contributed by atoms with Crippen molar-refractivity contribution in [2.45, 2.75) is 37.6 Å². The highest BCUT2D eigenvalue weighted by molar-refractivity contribution is 7.89. The van der Waals surface area contributed by atoms with Crippen LogP contribution in [0.2, 0.25) is 0 Å². The molecule has 0 bridgehead atoms. The predicted molar refractivity (Wildman–Crippen MR) is 89.5 cm³/mol. The largest absolute Gasteiger partial charge is 0.249 e. The van der Waals surface area contributed by atoms with Crippen molar-refractivity contribution in [1.82, 2.24) is 14.1 Å². The van der Waals surface area contributed by atoms with Crippen LogP contribution in [0.5, 0.6) is 0 Å². The number of halogens is 1. The van der Waals surface area contributed by atoms with E-state index in [0.717, 1.165) is 30.1 Å². The number of aromatic nitrogens is 2. The van der Waals surface area contributed by atoms with Gasteiger partial charge in [-0.05, 0) is 37.7 Å². The Kier molecular flexibility index (Phi) is 5.01. The molecule has 5 nitrogen and oxygen atoms in total. The molecule has 2 aromatic rings. The van der Waals surface area contributed by atoms with E-state index < -0.39 is 16.0 Å². The number of aryl methyl sites for hydroxylation is 1. The first kappa shape index (κ1) is 17.1. The van der Waals surface area contributed by atoms with E-state index in [-0.39, 0.29) is 4.90 Å². The molecule has 1 fully saturated rings. The molecule has 2 heterocycles. The van der Waals surface area contributed by atoms with E-state index in [0.29, 0.717) is 25.6 Å². The lowest BCUT2D eigenvalue weighted by Crippen LogP contribution is -2.39. The van der Waals surface area contributed by atoms with Crippen LogP contribution in [0.15, 0.2) is 41.4 Å². The zero-order valence-corrected chi connectivity index (χ0v) is 14.5. The molecule has 1 aromatic heterocycles. The SMILES string of the molecule is CCn1ncc(S(=O)(=O)N2CCC(Cc3ccccc3)CC2)c1F. The van der Waals surface area contributed by atoms with Gasteiger partial charge in [0, 0.05) is 19.6 Å². The van der Waals surface area contributed by atoms with Gasteiger partial charge in [-0.2, -0.15) is 13.8 Å². The minimum atomic E-state index is -3.80. The molecule has 0 radical (unpaired) electrons. The Labute approximate surface area is 142 Å². The van der Waals surface area contributed by atoms with Gasteiger partial charge in [-0.15, -0.1) is 0 Å². The second-order valence-electron chi connectivity index (χ2n) is 6.15. The van der Waals surface area contributed by atoms with Crippen LogP contribution in [0.1, 0.15) is 25.3 Å². The second-order valence-corrected chi connectivity index (χ2v) is 8.06. The fourth-order valence-corrected chi connectivity index (χ4v) is 4.66. The van der Waals surface area contributed by atoms with Gasteiger partial charge in [0.25, 0.3) is 0 Å². The Morgan fingerprint density at radius 1 is 1.21 bits per heavy atom. The third-order valence-corrected chi connectivity index (χ3v) is 6.48. The van der Waals surface area contributed by atoms with E-state index in [1.54, 1.807) is 6.92 Å². The fraction of sp³-hybridized carbons (Fsp3) is 0.471. The van der Waals surface area contributed by atoms with E-state index in [4.69, 9.17) is 0 Å². The Morgan fingerprint density at radius 3 is 2.46 bits per heavy atom. The summed E-state index contributed by atoms with van der Waals surface area (Å²) in [6.07, 6.45) is 3.65. The second kappa shape index (κ2) is 7.03. The summed E-state index contributed by atoms with van der Waals surface area (Å²) in [5.41, 5.74) is 1.27. The molecular formula is C17H22FN3O2S. The van der Waals surface area contributed by atoms with Crippen molar-refractivity contribution in [2.75, 3.05) is 13.1 Å². The standard InChI is InChI=1S/C17H22FN3O2S/c1-2-21-17(18)16(13-19-21)24(22,23)20-10-8-15(9-11-20)12-14-6-4-3-5-7-14/h3-7,13,15H,2,8-12H2,1H3. The zero-order chi connectivity index (χ0) is 17.2. The van der Waals surface area contributed by atoms with E-state index in [2.05, 4.69) is 17.2 Å². The van der Waals surface area contributed by atoms with Crippen molar-refractivity contribution in [3.63, 3.8) is 0 Å². The summed E-state index contributed by atoms with van der Waals surface area (Å²) in [7, 11) is -3.80. The third kappa shape index (κ3) is 3.37. The molecule has 1 aromatic carbocycles. The van der Waals surface area contributed by atoms with E-state index in [1.807, 2.05) is 18.2 Å². The van der Waals surface area contributed by atoms with Gasteiger partial charge in [0.15, 0.2) is 4.90 Å². The summed E-state index contributed by atoms with van der Waals surface area (Å²) in [5, 5.41) is 3.80. The molecule has 0 N–H and O–H groups in total. The molecule has 1 saturated heterocycles. The number of benzene rings is 1. The van der Waals surface area contributed by atoms with Crippen LogP contribution in [0.25, 0.3) is 0 Å². The molecule has 24 heavy (non-hydrogen) atoms. The highest BCUT2D eigenvalue weighted by atomic mass is 32.2. The molecule has 0 aliphatic carbocycles. The monoisotopic (exact) mass is 351 g/mol. The van der Waals surface area contributed by atoms with Crippen LogP contribution >= 0.6 is 0 Å². The van der Waals surface area contributed by atoms with Crippen LogP contribution in [-0.2, 0) is 23.0 Å². The number of nitrogens with zero attached hydrogens (tertiary/aromatic N) is 3. The lowest BCUT2D eigenvalue weighted by atomic mass is 9.91. The van der Waals surface area contributed by atoms with Gasteiger partial charge in [0.2, 0.25) is 16.0 Å². The van der Waals surface area contributed by atoms with Gasteiger partial charge in [-0.25, -0.2) is 13.1 Å². The quantitative estimate of drug-likeness (QED) is 0.832. The van der Waals surface area contributed by atoms with Crippen molar-refractivity contribution in [3.05, 3.63) is 48.0 Å².